The first-order valence-corrected chi connectivity index (χ1v) is 10.9. The molecule has 1 heterocycles. The number of phenolic OH excluding ortho intramolecular Hbond substituents is 3. The van der Waals surface area contributed by atoms with Crippen molar-refractivity contribution in [3.63, 3.8) is 0 Å². The minimum absolute atomic E-state index is 0.0564. The van der Waals surface area contributed by atoms with Gasteiger partial charge in [-0.3, -0.25) is 4.79 Å². The van der Waals surface area contributed by atoms with Crippen LogP contribution < -0.4 is 4.74 Å². The van der Waals surface area contributed by atoms with Crippen LogP contribution in [0.4, 0.5) is 0 Å². The van der Waals surface area contributed by atoms with Crippen molar-refractivity contribution < 1.29 is 30.0 Å². The predicted molar refractivity (Wildman–Crippen MR) is 123 cm³/mol. The van der Waals surface area contributed by atoms with E-state index >= 15 is 0 Å². The topological polar surface area (TPSA) is 107 Å². The van der Waals surface area contributed by atoms with Gasteiger partial charge in [0.1, 0.15) is 34.7 Å². The lowest BCUT2D eigenvalue weighted by Crippen LogP contribution is -2.21. The molecule has 2 aromatic carbocycles. The Bertz CT molecular complexity index is 1050. The molecule has 1 unspecified atom stereocenters. The molecule has 1 aliphatic heterocycles. The number of benzene rings is 2. The lowest BCUT2D eigenvalue weighted by molar-refractivity contribution is 0.0689. The summed E-state index contributed by atoms with van der Waals surface area (Å²) in [6.45, 7) is 7.18. The fourth-order valence-corrected chi connectivity index (χ4v) is 3.90. The fraction of sp³-hybridized carbons (Fsp3) is 0.423. The van der Waals surface area contributed by atoms with Crippen LogP contribution in [0.2, 0.25) is 0 Å². The molecule has 0 radical (unpaired) electrons. The predicted octanol–water partition coefficient (Wildman–Crippen LogP) is 5.25. The maximum Gasteiger partial charge on any atom is 0.174 e. The van der Waals surface area contributed by atoms with Gasteiger partial charge in [-0.05, 0) is 76.6 Å². The van der Waals surface area contributed by atoms with Gasteiger partial charge in [-0.2, -0.15) is 0 Å². The van der Waals surface area contributed by atoms with Crippen molar-refractivity contribution in [1.29, 1.82) is 0 Å². The summed E-state index contributed by atoms with van der Waals surface area (Å²) in [5.41, 5.74) is 2.31. The highest BCUT2D eigenvalue weighted by Gasteiger charge is 2.32. The maximum absolute atomic E-state index is 12.7. The number of fused-ring (bicyclic) bond motifs is 1. The number of aromatic hydroxyl groups is 3. The first-order valence-electron chi connectivity index (χ1n) is 10.9. The molecule has 0 aromatic heterocycles. The van der Waals surface area contributed by atoms with Crippen LogP contribution in [0.3, 0.4) is 0 Å². The largest absolute Gasteiger partial charge is 0.508 e. The van der Waals surface area contributed by atoms with Crippen LogP contribution in [0.15, 0.2) is 35.9 Å². The van der Waals surface area contributed by atoms with Crippen molar-refractivity contribution in [2.24, 2.45) is 0 Å². The van der Waals surface area contributed by atoms with Gasteiger partial charge in [-0.25, -0.2) is 0 Å². The number of hydrogen-bond acceptors (Lipinski definition) is 6. The van der Waals surface area contributed by atoms with Crippen LogP contribution in [0, 0.1) is 6.92 Å². The normalized spacial score (nSPS) is 16.6. The average Bonchev–Trinajstić information content (AvgIpc) is 2.70. The molecule has 2 aromatic rings. The summed E-state index contributed by atoms with van der Waals surface area (Å²) in [5.74, 6) is -0.313. The third-order valence-corrected chi connectivity index (χ3v) is 5.91. The Morgan fingerprint density at radius 1 is 1.19 bits per heavy atom. The molecule has 0 saturated heterocycles. The second kappa shape index (κ2) is 9.25. The number of carbonyl (C=O) groups is 1. The van der Waals surface area contributed by atoms with E-state index in [4.69, 9.17) is 4.74 Å². The molecule has 4 N–H and O–H groups in total. The van der Waals surface area contributed by atoms with Gasteiger partial charge in [0.05, 0.1) is 12.0 Å². The highest BCUT2D eigenvalue weighted by molar-refractivity contribution is 6.03. The van der Waals surface area contributed by atoms with Crippen molar-refractivity contribution in [2.45, 2.75) is 71.5 Å². The first kappa shape index (κ1) is 23.7. The molecule has 0 bridgehead atoms. The zero-order chi connectivity index (χ0) is 23.6. The van der Waals surface area contributed by atoms with E-state index < -0.39 is 11.7 Å². The zero-order valence-electron chi connectivity index (χ0n) is 19.1. The van der Waals surface area contributed by atoms with E-state index in [1.807, 2.05) is 13.0 Å². The molecule has 3 rings (SSSR count). The van der Waals surface area contributed by atoms with Crippen molar-refractivity contribution >= 4 is 5.78 Å². The second-order valence-electron chi connectivity index (χ2n) is 9.28. The Labute approximate surface area is 188 Å². The van der Waals surface area contributed by atoms with Crippen LogP contribution in [0.1, 0.15) is 79.6 Å². The van der Waals surface area contributed by atoms with Gasteiger partial charge in [0, 0.05) is 11.6 Å². The molecule has 0 aliphatic carbocycles. The quantitative estimate of drug-likeness (QED) is 0.438. The Hall–Kier alpha value is -2.99. The van der Waals surface area contributed by atoms with Crippen LogP contribution in [-0.2, 0) is 6.42 Å². The molecule has 6 heteroatoms. The Balaban J connectivity index is 1.76. The van der Waals surface area contributed by atoms with E-state index in [9.17, 15) is 25.2 Å². The number of allylic oxidation sites excluding steroid dienone is 2. The summed E-state index contributed by atoms with van der Waals surface area (Å²) in [5, 5.41) is 40.4. The van der Waals surface area contributed by atoms with Crippen molar-refractivity contribution in [3.8, 4) is 23.0 Å². The highest BCUT2D eigenvalue weighted by atomic mass is 16.5. The SMILES string of the molecule is CC(=CCc1cc(C2CC(=O)c3c(cc(O)c(C)c3O)O2)ccc1O)CCCC(C)(C)O. The minimum atomic E-state index is -0.671. The van der Waals surface area contributed by atoms with Crippen molar-refractivity contribution in [1.82, 2.24) is 0 Å². The number of aliphatic hydroxyl groups is 1. The average molecular weight is 441 g/mol. The smallest absolute Gasteiger partial charge is 0.174 e. The second-order valence-corrected chi connectivity index (χ2v) is 9.28. The summed E-state index contributed by atoms with van der Waals surface area (Å²) >= 11 is 0. The summed E-state index contributed by atoms with van der Waals surface area (Å²) in [7, 11) is 0. The van der Waals surface area contributed by atoms with Gasteiger partial charge in [0.2, 0.25) is 0 Å². The number of rotatable bonds is 7. The Kier molecular flexibility index (Phi) is 6.84. The van der Waals surface area contributed by atoms with E-state index in [0.29, 0.717) is 6.42 Å². The molecule has 1 atom stereocenters. The van der Waals surface area contributed by atoms with Crippen LogP contribution >= 0.6 is 0 Å². The van der Waals surface area contributed by atoms with E-state index in [-0.39, 0.29) is 46.3 Å². The van der Waals surface area contributed by atoms with Crippen LogP contribution in [0.5, 0.6) is 23.0 Å². The van der Waals surface area contributed by atoms with Gasteiger partial charge in [-0.1, -0.05) is 17.7 Å². The molecule has 1 aliphatic rings. The third kappa shape index (κ3) is 5.43. The minimum Gasteiger partial charge on any atom is -0.508 e. The first-order chi connectivity index (χ1) is 15.0. The van der Waals surface area contributed by atoms with Gasteiger partial charge in [0.25, 0.3) is 0 Å². The van der Waals surface area contributed by atoms with Gasteiger partial charge in [0.15, 0.2) is 5.78 Å². The molecule has 0 saturated carbocycles. The molecule has 0 spiro atoms. The Morgan fingerprint density at radius 3 is 2.59 bits per heavy atom. The van der Waals surface area contributed by atoms with Crippen LogP contribution in [0.25, 0.3) is 0 Å². The van der Waals surface area contributed by atoms with E-state index in [0.717, 1.165) is 30.4 Å². The van der Waals surface area contributed by atoms with Gasteiger partial charge >= 0.3 is 0 Å². The number of Topliss-reactive ketones (excluding diaryl/α,β-unsaturated/α-hetero) is 1. The Morgan fingerprint density at radius 2 is 1.91 bits per heavy atom. The molecule has 172 valence electrons. The lowest BCUT2D eigenvalue weighted by Gasteiger charge is -2.27. The fourth-order valence-electron chi connectivity index (χ4n) is 3.90. The molecule has 0 fully saturated rings. The van der Waals surface area contributed by atoms with Gasteiger partial charge < -0.3 is 25.2 Å². The standard InChI is InChI=1S/C26H32O6/c1-15(6-5-11-26(3,4)31)7-8-17-12-18(9-10-19(17)27)22-14-21(29)24-23(32-22)13-20(28)16(2)25(24)30/h7,9-10,12-13,22,27-28,30-31H,5-6,8,11,14H2,1-4H3. The van der Waals surface area contributed by atoms with Gasteiger partial charge in [-0.15, -0.1) is 0 Å². The van der Waals surface area contributed by atoms with E-state index in [1.165, 1.54) is 18.6 Å². The summed E-state index contributed by atoms with van der Waals surface area (Å²) in [6, 6.07) is 6.49. The summed E-state index contributed by atoms with van der Waals surface area (Å²) in [4.78, 5) is 12.7. The molecule has 0 amide bonds. The lowest BCUT2D eigenvalue weighted by atomic mass is 9.92. The highest BCUT2D eigenvalue weighted by Crippen LogP contribution is 2.44. The summed E-state index contributed by atoms with van der Waals surface area (Å²) in [6.07, 6.45) is 4.55. The molecule has 32 heavy (non-hydrogen) atoms. The van der Waals surface area contributed by atoms with Crippen molar-refractivity contribution in [2.75, 3.05) is 0 Å². The number of hydrogen-bond donors (Lipinski definition) is 4. The molecule has 6 nitrogen and oxygen atoms in total. The molecular weight excluding hydrogens is 408 g/mol. The van der Waals surface area contributed by atoms with E-state index in [2.05, 4.69) is 6.08 Å². The maximum atomic E-state index is 12.7. The summed E-state index contributed by atoms with van der Waals surface area (Å²) < 4.78 is 5.95. The third-order valence-electron chi connectivity index (χ3n) is 5.91. The molecular formula is C26H32O6. The number of carbonyl (C=O) groups excluding carboxylic acids is 1. The van der Waals surface area contributed by atoms with Crippen molar-refractivity contribution in [3.05, 3.63) is 58.2 Å². The van der Waals surface area contributed by atoms with Crippen LogP contribution in [-0.4, -0.2) is 31.8 Å². The number of ether oxygens (including phenoxy) is 1. The monoisotopic (exact) mass is 440 g/mol. The number of ketones is 1. The number of phenols is 3. The zero-order valence-corrected chi connectivity index (χ0v) is 19.1. The van der Waals surface area contributed by atoms with E-state index in [1.54, 1.807) is 26.0 Å².